The smallest absolute Gasteiger partial charge is 0.302 e. The molecule has 1 aromatic heterocycles. The molecule has 3 heterocycles. The monoisotopic (exact) mass is 524 g/mol. The lowest BCUT2D eigenvalue weighted by Gasteiger charge is -2.46. The van der Waals surface area contributed by atoms with E-state index < -0.39 is 5.41 Å². The average molecular weight is 525 g/mol. The number of ether oxygens (including phenoxy) is 1. The number of esters is 1. The van der Waals surface area contributed by atoms with Crippen molar-refractivity contribution in [2.45, 2.75) is 57.5 Å². The third-order valence-corrected chi connectivity index (χ3v) is 8.73. The number of pyridine rings is 1. The van der Waals surface area contributed by atoms with Gasteiger partial charge >= 0.3 is 5.97 Å². The predicted molar refractivity (Wildman–Crippen MR) is 155 cm³/mol. The number of nitrogens with zero attached hydrogens (tertiary/aromatic N) is 4. The fraction of sp³-hybridized carbons (Fsp3) is 0.485. The van der Waals surface area contributed by atoms with Crippen LogP contribution in [0.4, 0.5) is 5.69 Å². The number of fused-ring (bicyclic) bond motifs is 1. The highest BCUT2D eigenvalue weighted by molar-refractivity contribution is 5.85. The topological polar surface area (TPSA) is 69.5 Å². The van der Waals surface area contributed by atoms with Crippen molar-refractivity contribution >= 4 is 22.4 Å². The molecule has 2 unspecified atom stereocenters. The van der Waals surface area contributed by atoms with Crippen LogP contribution in [-0.2, 0) is 14.9 Å². The molecule has 0 N–H and O–H groups in total. The van der Waals surface area contributed by atoms with Crippen molar-refractivity contribution in [1.29, 1.82) is 5.26 Å². The van der Waals surface area contributed by atoms with E-state index in [1.807, 2.05) is 30.6 Å². The summed E-state index contributed by atoms with van der Waals surface area (Å²) in [5.74, 6) is 0.636. The van der Waals surface area contributed by atoms with Gasteiger partial charge < -0.3 is 14.5 Å². The van der Waals surface area contributed by atoms with Crippen molar-refractivity contribution < 1.29 is 9.53 Å². The number of carbonyl (C=O) groups excluding carboxylic acids is 1. The fourth-order valence-corrected chi connectivity index (χ4v) is 6.71. The number of hydrogen-bond donors (Lipinski definition) is 0. The first-order valence-corrected chi connectivity index (χ1v) is 14.5. The van der Waals surface area contributed by atoms with Gasteiger partial charge in [0.15, 0.2) is 0 Å². The Hall–Kier alpha value is -3.43. The van der Waals surface area contributed by atoms with E-state index in [2.05, 4.69) is 64.2 Å². The second-order valence-corrected chi connectivity index (χ2v) is 11.4. The molecule has 2 aliphatic heterocycles. The van der Waals surface area contributed by atoms with Gasteiger partial charge in [0.1, 0.15) is 6.10 Å². The third kappa shape index (κ3) is 6.09. The van der Waals surface area contributed by atoms with E-state index in [0.717, 1.165) is 64.0 Å². The summed E-state index contributed by atoms with van der Waals surface area (Å²) in [6.07, 6.45) is 7.76. The van der Waals surface area contributed by atoms with Crippen molar-refractivity contribution in [1.82, 2.24) is 9.88 Å². The van der Waals surface area contributed by atoms with Gasteiger partial charge in [-0.2, -0.15) is 5.26 Å². The first-order chi connectivity index (χ1) is 19.0. The minimum Gasteiger partial charge on any atom is -0.462 e. The highest BCUT2D eigenvalue weighted by atomic mass is 16.5. The maximum Gasteiger partial charge on any atom is 0.302 e. The van der Waals surface area contributed by atoms with Gasteiger partial charge in [-0.15, -0.1) is 0 Å². The molecular formula is C33H40N4O2. The Morgan fingerprint density at radius 3 is 2.59 bits per heavy atom. The summed E-state index contributed by atoms with van der Waals surface area (Å²) in [7, 11) is 0. The number of nitriles is 1. The number of aromatic nitrogens is 1. The van der Waals surface area contributed by atoms with E-state index in [1.165, 1.54) is 23.4 Å². The lowest BCUT2D eigenvalue weighted by atomic mass is 9.64. The summed E-state index contributed by atoms with van der Waals surface area (Å²) in [6.45, 7) is 8.85. The van der Waals surface area contributed by atoms with Crippen molar-refractivity contribution in [2.24, 2.45) is 11.8 Å². The standard InChI is InChI=1S/C33H40N4O2/c1-3-7-32(39-25(2)38)19-33(24-34,29-8-5-4-6-9-29)30-13-16-36(17-14-30)21-26-22-37(23-26)31-11-10-27-12-15-35-20-28(27)18-31/h4-6,8-12,15,18,20,26,30,32H,3,7,13-14,16-17,19,21-23H2,1-2H3. The molecule has 2 aliphatic rings. The van der Waals surface area contributed by atoms with Gasteiger partial charge in [0, 0.05) is 62.4 Å². The molecule has 204 valence electrons. The summed E-state index contributed by atoms with van der Waals surface area (Å²) in [5, 5.41) is 13.1. The van der Waals surface area contributed by atoms with Gasteiger partial charge in [-0.05, 0) is 67.4 Å². The zero-order valence-corrected chi connectivity index (χ0v) is 23.3. The number of anilines is 1. The van der Waals surface area contributed by atoms with Crippen LogP contribution in [0.3, 0.4) is 0 Å². The van der Waals surface area contributed by atoms with Crippen LogP contribution in [-0.4, -0.2) is 54.7 Å². The third-order valence-electron chi connectivity index (χ3n) is 8.73. The van der Waals surface area contributed by atoms with Crippen LogP contribution >= 0.6 is 0 Å². The molecule has 5 rings (SSSR count). The zero-order valence-electron chi connectivity index (χ0n) is 23.3. The molecule has 2 aromatic carbocycles. The summed E-state index contributed by atoms with van der Waals surface area (Å²) < 4.78 is 5.72. The summed E-state index contributed by atoms with van der Waals surface area (Å²) in [4.78, 5) is 21.2. The first-order valence-electron chi connectivity index (χ1n) is 14.5. The average Bonchev–Trinajstić information content (AvgIpc) is 2.94. The molecule has 6 nitrogen and oxygen atoms in total. The number of piperidine rings is 1. The number of hydrogen-bond acceptors (Lipinski definition) is 6. The maximum atomic E-state index is 11.8. The van der Waals surface area contributed by atoms with Gasteiger partial charge in [0.2, 0.25) is 0 Å². The first kappa shape index (κ1) is 27.1. The lowest BCUT2D eigenvalue weighted by Crippen LogP contribution is -2.53. The van der Waals surface area contributed by atoms with Gasteiger partial charge in [-0.25, -0.2) is 0 Å². The SMILES string of the molecule is CCCC(CC(C#N)(c1ccccc1)C1CCN(CC2CN(c3ccc4ccncc4c3)C2)CC1)OC(C)=O. The Balaban J connectivity index is 1.21. The minimum atomic E-state index is -0.652. The van der Waals surface area contributed by atoms with Crippen molar-refractivity contribution in [3.05, 3.63) is 72.6 Å². The normalized spacial score (nSPS) is 19.2. The molecule has 0 amide bonds. The van der Waals surface area contributed by atoms with Gasteiger partial charge in [-0.3, -0.25) is 9.78 Å². The Labute approximate surface area is 232 Å². The van der Waals surface area contributed by atoms with Crippen molar-refractivity contribution in [3.63, 3.8) is 0 Å². The number of rotatable bonds is 10. The largest absolute Gasteiger partial charge is 0.462 e. The molecule has 39 heavy (non-hydrogen) atoms. The second-order valence-electron chi connectivity index (χ2n) is 11.4. The molecule has 2 atom stereocenters. The van der Waals surface area contributed by atoms with Crippen molar-refractivity contribution in [3.8, 4) is 6.07 Å². The molecule has 2 fully saturated rings. The second kappa shape index (κ2) is 12.2. The lowest BCUT2D eigenvalue weighted by molar-refractivity contribution is -0.147. The molecule has 3 aromatic rings. The van der Waals surface area contributed by atoms with Crippen LogP contribution in [0.5, 0.6) is 0 Å². The predicted octanol–water partition coefficient (Wildman–Crippen LogP) is 5.97. The minimum absolute atomic E-state index is 0.236. The summed E-state index contributed by atoms with van der Waals surface area (Å²) in [5.41, 5.74) is 1.68. The Morgan fingerprint density at radius 1 is 1.13 bits per heavy atom. The van der Waals surface area contributed by atoms with Gasteiger partial charge in [-0.1, -0.05) is 49.7 Å². The zero-order chi connectivity index (χ0) is 27.2. The van der Waals surface area contributed by atoms with Gasteiger partial charge in [0.25, 0.3) is 0 Å². The van der Waals surface area contributed by atoms with Crippen LogP contribution in [0.15, 0.2) is 67.0 Å². The van der Waals surface area contributed by atoms with E-state index in [0.29, 0.717) is 12.3 Å². The number of likely N-dealkylation sites (tertiary alicyclic amines) is 1. The molecule has 0 spiro atoms. The molecule has 2 saturated heterocycles. The van der Waals surface area contributed by atoms with Crippen LogP contribution in [0.25, 0.3) is 10.8 Å². The molecule has 0 saturated carbocycles. The molecule has 0 aliphatic carbocycles. The van der Waals surface area contributed by atoms with Crippen molar-refractivity contribution in [2.75, 3.05) is 37.6 Å². The van der Waals surface area contributed by atoms with Crippen LogP contribution in [0, 0.1) is 23.2 Å². The van der Waals surface area contributed by atoms with Gasteiger partial charge in [0.05, 0.1) is 11.5 Å². The summed E-state index contributed by atoms with van der Waals surface area (Å²) in [6, 6.07) is 21.7. The van der Waals surface area contributed by atoms with Crippen LogP contribution in [0.2, 0.25) is 0 Å². The molecule has 6 heteroatoms. The van der Waals surface area contributed by atoms with E-state index in [9.17, 15) is 10.1 Å². The number of benzene rings is 2. The van der Waals surface area contributed by atoms with Crippen LogP contribution < -0.4 is 4.90 Å². The number of carbonyl (C=O) groups is 1. The quantitative estimate of drug-likeness (QED) is 0.305. The van der Waals surface area contributed by atoms with E-state index >= 15 is 0 Å². The fourth-order valence-electron chi connectivity index (χ4n) is 6.71. The molecule has 0 bridgehead atoms. The highest BCUT2D eigenvalue weighted by Crippen LogP contribution is 2.43. The Kier molecular flexibility index (Phi) is 8.47. The molecular weight excluding hydrogens is 484 g/mol. The Bertz CT molecular complexity index is 1290. The highest BCUT2D eigenvalue weighted by Gasteiger charge is 2.44. The maximum absolute atomic E-state index is 11.8. The van der Waals surface area contributed by atoms with E-state index in [1.54, 1.807) is 0 Å². The summed E-state index contributed by atoms with van der Waals surface area (Å²) >= 11 is 0. The van der Waals surface area contributed by atoms with Crippen LogP contribution in [0.1, 0.15) is 51.5 Å². The Morgan fingerprint density at radius 2 is 1.90 bits per heavy atom. The van der Waals surface area contributed by atoms with E-state index in [4.69, 9.17) is 4.74 Å². The van der Waals surface area contributed by atoms with E-state index in [-0.39, 0.29) is 18.0 Å². The molecule has 0 radical (unpaired) electrons.